The fourth-order valence-electron chi connectivity index (χ4n) is 2.31. The molecule has 0 amide bonds. The first-order chi connectivity index (χ1) is 6.06. The Labute approximate surface area is 79.8 Å². The molecular formula is C9H20N4. The number of fused-ring (bicyclic) bond motifs is 1. The maximum atomic E-state index is 3.60. The third-order valence-electron chi connectivity index (χ3n) is 3.38. The molecule has 4 heteroatoms. The molecule has 76 valence electrons. The molecule has 3 atom stereocenters. The van der Waals surface area contributed by atoms with Crippen molar-refractivity contribution < 1.29 is 0 Å². The van der Waals surface area contributed by atoms with Gasteiger partial charge in [0.2, 0.25) is 0 Å². The molecule has 13 heavy (non-hydrogen) atoms. The van der Waals surface area contributed by atoms with Gasteiger partial charge in [0.25, 0.3) is 0 Å². The van der Waals surface area contributed by atoms with Gasteiger partial charge in [-0.3, -0.25) is 21.3 Å². The molecule has 0 aliphatic carbocycles. The molecule has 2 aliphatic rings. The van der Waals surface area contributed by atoms with Gasteiger partial charge in [-0.1, -0.05) is 0 Å². The minimum absolute atomic E-state index is 0.0300. The van der Waals surface area contributed by atoms with Gasteiger partial charge in [0, 0.05) is 25.7 Å². The van der Waals surface area contributed by atoms with Gasteiger partial charge in [-0.25, -0.2) is 0 Å². The van der Waals surface area contributed by atoms with E-state index in [1.165, 1.54) is 0 Å². The fourth-order valence-corrected chi connectivity index (χ4v) is 2.31. The van der Waals surface area contributed by atoms with Crippen molar-refractivity contribution in [1.29, 1.82) is 0 Å². The van der Waals surface area contributed by atoms with E-state index in [9.17, 15) is 0 Å². The molecule has 0 aromatic heterocycles. The van der Waals surface area contributed by atoms with Crippen molar-refractivity contribution in [3.05, 3.63) is 0 Å². The number of hydrogen-bond donors (Lipinski definition) is 4. The standard InChI is InChI=1S/C9H20N4/c1-7-6-12-8(2)9(3,13-7)11-5-4-10-8/h7,10-13H,4-6H2,1-3H3/t7-,8-,9+/m1/s1. The van der Waals surface area contributed by atoms with E-state index in [1.807, 2.05) is 0 Å². The Morgan fingerprint density at radius 3 is 2.31 bits per heavy atom. The predicted octanol–water partition coefficient (Wildman–Crippen LogP) is -0.807. The maximum absolute atomic E-state index is 3.60. The molecule has 0 saturated carbocycles. The summed E-state index contributed by atoms with van der Waals surface area (Å²) in [4.78, 5) is 0. The first-order valence-corrected chi connectivity index (χ1v) is 5.08. The summed E-state index contributed by atoms with van der Waals surface area (Å²) >= 11 is 0. The molecule has 4 N–H and O–H groups in total. The summed E-state index contributed by atoms with van der Waals surface area (Å²) in [5.41, 5.74) is -0.0688. The van der Waals surface area contributed by atoms with Crippen LogP contribution in [0.25, 0.3) is 0 Å². The van der Waals surface area contributed by atoms with Crippen LogP contribution in [0.2, 0.25) is 0 Å². The molecule has 2 fully saturated rings. The lowest BCUT2D eigenvalue weighted by Gasteiger charge is -2.56. The van der Waals surface area contributed by atoms with Gasteiger partial charge >= 0.3 is 0 Å². The van der Waals surface area contributed by atoms with E-state index >= 15 is 0 Å². The topological polar surface area (TPSA) is 48.1 Å². The molecule has 2 saturated heterocycles. The average Bonchev–Trinajstić information content (AvgIpc) is 2.07. The normalized spacial score (nSPS) is 51.5. The summed E-state index contributed by atoms with van der Waals surface area (Å²) in [6, 6.07) is 0.519. The molecule has 0 unspecified atom stereocenters. The van der Waals surface area contributed by atoms with Crippen molar-refractivity contribution in [3.63, 3.8) is 0 Å². The molecule has 0 aromatic rings. The van der Waals surface area contributed by atoms with E-state index < -0.39 is 0 Å². The lowest BCUT2D eigenvalue weighted by molar-refractivity contribution is 0.0223. The number of nitrogens with one attached hydrogen (secondary N) is 4. The molecule has 0 aromatic carbocycles. The molecule has 2 heterocycles. The highest BCUT2D eigenvalue weighted by molar-refractivity contribution is 5.09. The van der Waals surface area contributed by atoms with Crippen LogP contribution in [0.5, 0.6) is 0 Å². The zero-order valence-electron chi connectivity index (χ0n) is 8.70. The van der Waals surface area contributed by atoms with Crippen molar-refractivity contribution in [1.82, 2.24) is 21.3 Å². The Morgan fingerprint density at radius 2 is 1.62 bits per heavy atom. The number of piperazine rings is 2. The fraction of sp³-hybridized carbons (Fsp3) is 1.00. The van der Waals surface area contributed by atoms with Crippen LogP contribution in [-0.4, -0.2) is 37.0 Å². The largest absolute Gasteiger partial charge is 0.296 e. The first kappa shape index (κ1) is 9.40. The van der Waals surface area contributed by atoms with Crippen molar-refractivity contribution in [2.24, 2.45) is 0 Å². The van der Waals surface area contributed by atoms with Crippen LogP contribution in [0, 0.1) is 0 Å². The lowest BCUT2D eigenvalue weighted by Crippen LogP contribution is -2.86. The van der Waals surface area contributed by atoms with Gasteiger partial charge in [0.15, 0.2) is 0 Å². The molecule has 4 nitrogen and oxygen atoms in total. The molecule has 0 spiro atoms. The Morgan fingerprint density at radius 1 is 1.00 bits per heavy atom. The van der Waals surface area contributed by atoms with Crippen LogP contribution in [0.15, 0.2) is 0 Å². The minimum Gasteiger partial charge on any atom is -0.296 e. The molecule has 2 aliphatic heterocycles. The van der Waals surface area contributed by atoms with Crippen LogP contribution in [0.1, 0.15) is 20.8 Å². The maximum Gasteiger partial charge on any atom is 0.0981 e. The van der Waals surface area contributed by atoms with Crippen LogP contribution < -0.4 is 21.3 Å². The van der Waals surface area contributed by atoms with Crippen LogP contribution >= 0.6 is 0 Å². The van der Waals surface area contributed by atoms with E-state index in [0.717, 1.165) is 19.6 Å². The van der Waals surface area contributed by atoms with Crippen LogP contribution in [-0.2, 0) is 0 Å². The Balaban J connectivity index is 2.20. The Hall–Kier alpha value is -0.160. The van der Waals surface area contributed by atoms with Gasteiger partial charge in [-0.2, -0.15) is 0 Å². The van der Waals surface area contributed by atoms with E-state index in [2.05, 4.69) is 42.0 Å². The van der Waals surface area contributed by atoms with Gasteiger partial charge in [0.1, 0.15) is 0 Å². The smallest absolute Gasteiger partial charge is 0.0981 e. The van der Waals surface area contributed by atoms with Crippen molar-refractivity contribution in [2.75, 3.05) is 19.6 Å². The quantitative estimate of drug-likeness (QED) is 0.398. The highest BCUT2D eigenvalue weighted by atomic mass is 15.4. The van der Waals surface area contributed by atoms with Crippen molar-refractivity contribution in [2.45, 2.75) is 38.1 Å². The lowest BCUT2D eigenvalue weighted by atomic mass is 9.89. The van der Waals surface area contributed by atoms with Crippen LogP contribution in [0.4, 0.5) is 0 Å². The highest BCUT2D eigenvalue weighted by Gasteiger charge is 2.49. The third-order valence-corrected chi connectivity index (χ3v) is 3.38. The summed E-state index contributed by atoms with van der Waals surface area (Å²) in [6.07, 6.45) is 0. The third kappa shape index (κ3) is 1.38. The van der Waals surface area contributed by atoms with E-state index in [0.29, 0.717) is 6.04 Å². The summed E-state index contributed by atoms with van der Waals surface area (Å²) in [5, 5.41) is 14.2. The first-order valence-electron chi connectivity index (χ1n) is 5.08. The summed E-state index contributed by atoms with van der Waals surface area (Å²) in [5.74, 6) is 0. The predicted molar refractivity (Wildman–Crippen MR) is 53.4 cm³/mol. The molecule has 2 rings (SSSR count). The Bertz CT molecular complexity index is 208. The zero-order chi connectivity index (χ0) is 9.53. The summed E-state index contributed by atoms with van der Waals surface area (Å²) in [6.45, 7) is 9.68. The zero-order valence-corrected chi connectivity index (χ0v) is 8.70. The van der Waals surface area contributed by atoms with E-state index in [-0.39, 0.29) is 11.3 Å². The number of hydrogen-bond acceptors (Lipinski definition) is 4. The second kappa shape index (κ2) is 2.92. The molecule has 0 bridgehead atoms. The molecule has 0 radical (unpaired) electrons. The van der Waals surface area contributed by atoms with Gasteiger partial charge < -0.3 is 0 Å². The van der Waals surface area contributed by atoms with Gasteiger partial charge in [0.05, 0.1) is 11.3 Å². The van der Waals surface area contributed by atoms with Gasteiger partial charge in [-0.05, 0) is 20.8 Å². The second-order valence-electron chi connectivity index (χ2n) is 4.53. The van der Waals surface area contributed by atoms with E-state index in [1.54, 1.807) is 0 Å². The summed E-state index contributed by atoms with van der Waals surface area (Å²) in [7, 11) is 0. The SMILES string of the molecule is C[C@@H]1CN[C@@]2(C)NCCN[C@@]2(C)N1. The Kier molecular flexibility index (Phi) is 2.11. The average molecular weight is 184 g/mol. The minimum atomic E-state index is -0.0388. The van der Waals surface area contributed by atoms with Crippen LogP contribution in [0.3, 0.4) is 0 Å². The van der Waals surface area contributed by atoms with E-state index in [4.69, 9.17) is 0 Å². The summed E-state index contributed by atoms with van der Waals surface area (Å²) < 4.78 is 0. The monoisotopic (exact) mass is 184 g/mol. The second-order valence-corrected chi connectivity index (χ2v) is 4.53. The molecular weight excluding hydrogens is 164 g/mol. The van der Waals surface area contributed by atoms with Crippen molar-refractivity contribution in [3.8, 4) is 0 Å². The highest BCUT2D eigenvalue weighted by Crippen LogP contribution is 2.22. The van der Waals surface area contributed by atoms with Gasteiger partial charge in [-0.15, -0.1) is 0 Å². The van der Waals surface area contributed by atoms with Crippen molar-refractivity contribution >= 4 is 0 Å². The number of rotatable bonds is 0.